The molecule has 1 aliphatic heterocycles. The molecule has 0 aliphatic carbocycles. The summed E-state index contributed by atoms with van der Waals surface area (Å²) in [6.07, 6.45) is 3.80. The number of hydrogen-bond acceptors (Lipinski definition) is 5. The van der Waals surface area contributed by atoms with E-state index in [2.05, 4.69) is 15.0 Å². The summed E-state index contributed by atoms with van der Waals surface area (Å²) < 4.78 is 5.12. The van der Waals surface area contributed by atoms with Crippen LogP contribution in [0.4, 0.5) is 5.69 Å². The molecule has 1 fully saturated rings. The highest BCUT2D eigenvalue weighted by molar-refractivity contribution is 5.94. The van der Waals surface area contributed by atoms with Crippen molar-refractivity contribution in [1.29, 1.82) is 0 Å². The van der Waals surface area contributed by atoms with Crippen LogP contribution in [0.1, 0.15) is 48.3 Å². The molecule has 1 aliphatic rings. The average Bonchev–Trinajstić information content (AvgIpc) is 3.05. The van der Waals surface area contributed by atoms with Crippen molar-refractivity contribution >= 4 is 11.6 Å². The lowest BCUT2D eigenvalue weighted by Gasteiger charge is -2.29. The molecule has 1 amide bonds. The molecule has 0 unspecified atom stereocenters. The molecule has 1 aromatic heterocycles. The Bertz CT molecular complexity index is 675. The van der Waals surface area contributed by atoms with Gasteiger partial charge in [0.1, 0.15) is 6.54 Å². The Morgan fingerprint density at radius 1 is 1.21 bits per heavy atom. The van der Waals surface area contributed by atoms with Crippen LogP contribution in [-0.2, 0) is 6.54 Å². The van der Waals surface area contributed by atoms with E-state index < -0.39 is 0 Å². The first-order valence-electron chi connectivity index (χ1n) is 8.61. The molecule has 1 saturated heterocycles. The Kier molecular flexibility index (Phi) is 5.13. The molecular formula is C18H24N4O2. The van der Waals surface area contributed by atoms with E-state index in [1.54, 1.807) is 11.8 Å². The fourth-order valence-corrected chi connectivity index (χ4v) is 3.04. The van der Waals surface area contributed by atoms with E-state index in [4.69, 9.17) is 4.52 Å². The largest absolute Gasteiger partial charge is 0.372 e. The molecule has 0 bridgehead atoms. The van der Waals surface area contributed by atoms with Crippen LogP contribution in [0.5, 0.6) is 0 Å². The summed E-state index contributed by atoms with van der Waals surface area (Å²) >= 11 is 0. The molecule has 0 N–H and O–H groups in total. The first-order chi connectivity index (χ1) is 11.7. The molecular weight excluding hydrogens is 304 g/mol. The minimum absolute atomic E-state index is 0.0152. The zero-order valence-electron chi connectivity index (χ0n) is 14.4. The summed E-state index contributed by atoms with van der Waals surface area (Å²) in [4.78, 5) is 21.0. The summed E-state index contributed by atoms with van der Waals surface area (Å²) in [5.74, 6) is 1.03. The average molecular weight is 328 g/mol. The molecule has 24 heavy (non-hydrogen) atoms. The minimum atomic E-state index is -0.0152. The van der Waals surface area contributed by atoms with E-state index >= 15 is 0 Å². The Morgan fingerprint density at radius 3 is 2.50 bits per heavy atom. The third-order valence-corrected chi connectivity index (χ3v) is 4.40. The smallest absolute Gasteiger partial charge is 0.254 e. The monoisotopic (exact) mass is 328 g/mol. The first-order valence-corrected chi connectivity index (χ1v) is 8.61. The van der Waals surface area contributed by atoms with E-state index in [-0.39, 0.29) is 5.91 Å². The van der Waals surface area contributed by atoms with Gasteiger partial charge in [0, 0.05) is 30.9 Å². The maximum absolute atomic E-state index is 12.7. The standard InChI is InChI=1S/C18H24N4O2/c1-3-21(13-17-19-14(2)20-24-17)18(23)15-7-9-16(10-8-15)22-11-5-4-6-12-22/h7-10H,3-6,11-13H2,1-2H3. The van der Waals surface area contributed by atoms with Gasteiger partial charge in [-0.25, -0.2) is 0 Å². The van der Waals surface area contributed by atoms with Crippen LogP contribution in [0.25, 0.3) is 0 Å². The van der Waals surface area contributed by atoms with Crippen LogP contribution < -0.4 is 4.90 Å². The van der Waals surface area contributed by atoms with Crippen molar-refractivity contribution in [3.05, 3.63) is 41.5 Å². The predicted octanol–water partition coefficient (Wildman–Crippen LogP) is 3.03. The number of carbonyl (C=O) groups excluding carboxylic acids is 1. The fourth-order valence-electron chi connectivity index (χ4n) is 3.04. The van der Waals surface area contributed by atoms with Crippen molar-refractivity contribution in [2.75, 3.05) is 24.5 Å². The summed E-state index contributed by atoms with van der Waals surface area (Å²) in [6, 6.07) is 7.91. The highest BCUT2D eigenvalue weighted by Crippen LogP contribution is 2.21. The summed E-state index contributed by atoms with van der Waals surface area (Å²) in [7, 11) is 0. The van der Waals surface area contributed by atoms with Gasteiger partial charge in [0.2, 0.25) is 5.89 Å². The second-order valence-electron chi connectivity index (χ2n) is 6.15. The molecule has 6 nitrogen and oxygen atoms in total. The number of rotatable bonds is 5. The van der Waals surface area contributed by atoms with E-state index in [0.717, 1.165) is 13.1 Å². The quantitative estimate of drug-likeness (QED) is 0.844. The van der Waals surface area contributed by atoms with Gasteiger partial charge in [-0.1, -0.05) is 5.16 Å². The predicted molar refractivity (Wildman–Crippen MR) is 92.0 cm³/mol. The Morgan fingerprint density at radius 2 is 1.92 bits per heavy atom. The zero-order valence-corrected chi connectivity index (χ0v) is 14.4. The van der Waals surface area contributed by atoms with Crippen molar-refractivity contribution in [3.63, 3.8) is 0 Å². The van der Waals surface area contributed by atoms with Crippen LogP contribution in [0.15, 0.2) is 28.8 Å². The first kappa shape index (κ1) is 16.5. The molecule has 128 valence electrons. The van der Waals surface area contributed by atoms with Gasteiger partial charge in [0.05, 0.1) is 0 Å². The molecule has 0 atom stereocenters. The van der Waals surface area contributed by atoms with Gasteiger partial charge in [-0.05, 0) is 57.4 Å². The number of amides is 1. The lowest BCUT2D eigenvalue weighted by Crippen LogP contribution is -2.31. The van der Waals surface area contributed by atoms with Crippen LogP contribution in [0.2, 0.25) is 0 Å². The van der Waals surface area contributed by atoms with E-state index in [9.17, 15) is 4.79 Å². The van der Waals surface area contributed by atoms with Gasteiger partial charge >= 0.3 is 0 Å². The van der Waals surface area contributed by atoms with Gasteiger partial charge < -0.3 is 14.3 Å². The molecule has 3 rings (SSSR count). The van der Waals surface area contributed by atoms with Crippen molar-refractivity contribution < 1.29 is 9.32 Å². The van der Waals surface area contributed by atoms with Gasteiger partial charge in [-0.15, -0.1) is 0 Å². The number of nitrogens with zero attached hydrogens (tertiary/aromatic N) is 4. The molecule has 0 spiro atoms. The second kappa shape index (κ2) is 7.47. The van der Waals surface area contributed by atoms with E-state index in [1.807, 2.05) is 31.2 Å². The van der Waals surface area contributed by atoms with Crippen LogP contribution in [0.3, 0.4) is 0 Å². The molecule has 6 heteroatoms. The van der Waals surface area contributed by atoms with E-state index in [1.165, 1.54) is 24.9 Å². The third-order valence-electron chi connectivity index (χ3n) is 4.40. The lowest BCUT2D eigenvalue weighted by atomic mass is 10.1. The van der Waals surface area contributed by atoms with Gasteiger partial charge in [0.25, 0.3) is 5.91 Å². The second-order valence-corrected chi connectivity index (χ2v) is 6.15. The Labute approximate surface area is 142 Å². The highest BCUT2D eigenvalue weighted by Gasteiger charge is 2.18. The maximum atomic E-state index is 12.7. The molecule has 1 aromatic carbocycles. The topological polar surface area (TPSA) is 62.5 Å². The molecule has 2 aromatic rings. The minimum Gasteiger partial charge on any atom is -0.372 e. The summed E-state index contributed by atoms with van der Waals surface area (Å²) in [5, 5.41) is 3.77. The van der Waals surface area contributed by atoms with E-state index in [0.29, 0.717) is 30.4 Å². The van der Waals surface area contributed by atoms with Crippen LogP contribution >= 0.6 is 0 Å². The number of anilines is 1. The number of benzene rings is 1. The third kappa shape index (κ3) is 3.75. The van der Waals surface area contributed by atoms with Gasteiger partial charge in [-0.3, -0.25) is 4.79 Å². The summed E-state index contributed by atoms with van der Waals surface area (Å²) in [6.45, 7) is 6.85. The number of aromatic nitrogens is 2. The number of piperidine rings is 1. The van der Waals surface area contributed by atoms with Crippen molar-refractivity contribution in [3.8, 4) is 0 Å². The fraction of sp³-hybridized carbons (Fsp3) is 0.500. The SMILES string of the molecule is CCN(Cc1nc(C)no1)C(=O)c1ccc(N2CCCCC2)cc1. The van der Waals surface area contributed by atoms with Crippen LogP contribution in [0, 0.1) is 6.92 Å². The Balaban J connectivity index is 1.68. The number of carbonyl (C=O) groups is 1. The zero-order chi connectivity index (χ0) is 16.9. The van der Waals surface area contributed by atoms with Crippen molar-refractivity contribution in [2.24, 2.45) is 0 Å². The van der Waals surface area contributed by atoms with Crippen molar-refractivity contribution in [2.45, 2.75) is 39.7 Å². The molecule has 2 heterocycles. The lowest BCUT2D eigenvalue weighted by molar-refractivity contribution is 0.0734. The highest BCUT2D eigenvalue weighted by atomic mass is 16.5. The van der Waals surface area contributed by atoms with Crippen molar-refractivity contribution in [1.82, 2.24) is 15.0 Å². The van der Waals surface area contributed by atoms with Crippen LogP contribution in [-0.4, -0.2) is 40.6 Å². The molecule has 0 radical (unpaired) electrons. The molecule has 0 saturated carbocycles. The normalized spacial score (nSPS) is 14.7. The Hall–Kier alpha value is -2.37. The van der Waals surface area contributed by atoms with Gasteiger partial charge in [-0.2, -0.15) is 4.98 Å². The number of aryl methyl sites for hydroxylation is 1. The number of hydrogen-bond donors (Lipinski definition) is 0. The summed E-state index contributed by atoms with van der Waals surface area (Å²) in [5.41, 5.74) is 1.88. The maximum Gasteiger partial charge on any atom is 0.254 e. The van der Waals surface area contributed by atoms with Gasteiger partial charge in [0.15, 0.2) is 5.82 Å².